The Kier molecular flexibility index (Phi) is 8.28. The van der Waals surface area contributed by atoms with E-state index in [9.17, 15) is 14.4 Å². The van der Waals surface area contributed by atoms with Crippen LogP contribution in [0.3, 0.4) is 0 Å². The molecular weight excluding hydrogens is 557 g/mol. The van der Waals surface area contributed by atoms with Gasteiger partial charge in [0, 0.05) is 36.0 Å². The molecule has 2 N–H and O–H groups in total. The normalized spacial score (nSPS) is 13.4. The molecule has 0 radical (unpaired) electrons. The highest BCUT2D eigenvalue weighted by Crippen LogP contribution is 2.28. The Morgan fingerprint density at radius 1 is 0.955 bits per heavy atom. The van der Waals surface area contributed by atoms with E-state index in [-0.39, 0.29) is 17.9 Å². The zero-order valence-electron chi connectivity index (χ0n) is 23.9. The van der Waals surface area contributed by atoms with Gasteiger partial charge in [0.05, 0.1) is 48.6 Å². The first-order valence-electron chi connectivity index (χ1n) is 14.4. The van der Waals surface area contributed by atoms with E-state index in [0.717, 1.165) is 42.6 Å². The minimum absolute atomic E-state index is 0.226. The number of rotatable bonds is 8. The Morgan fingerprint density at radius 2 is 1.73 bits per heavy atom. The minimum Gasteiger partial charge on any atom is -0.490 e. The first kappa shape index (κ1) is 28.6. The molecule has 5 aromatic rings. The smallest absolute Gasteiger partial charge is 0.267 e. The van der Waals surface area contributed by atoms with Crippen LogP contribution in [0.5, 0.6) is 5.75 Å². The van der Waals surface area contributed by atoms with Crippen molar-refractivity contribution < 1.29 is 9.13 Å². The summed E-state index contributed by atoms with van der Waals surface area (Å²) in [4.78, 5) is 23.7. The maximum atomic E-state index is 14.3. The van der Waals surface area contributed by atoms with Crippen LogP contribution in [0, 0.1) is 23.1 Å². The lowest BCUT2D eigenvalue weighted by atomic mass is 9.97. The number of hydrogen-bond acceptors (Lipinski definition) is 8. The molecule has 3 aromatic carbocycles. The van der Waals surface area contributed by atoms with Crippen molar-refractivity contribution in [3.63, 3.8) is 0 Å². The fourth-order valence-corrected chi connectivity index (χ4v) is 5.32. The lowest BCUT2D eigenvalue weighted by molar-refractivity contribution is 0.221. The third kappa shape index (κ3) is 6.57. The number of nitriles is 1. The first-order chi connectivity index (χ1) is 21.4. The standard InChI is InChI=1S/C34H30FN7O2/c35-30-17-28(37)7-9-32(30)41-13-11-23(12-14-41)22-44-29-19-38-34(39-20-29)27-6-2-4-25(16-27)21-42-33(43)10-8-31(40-42)26-5-1-3-24(15-26)18-36/h1-10,15-17,19-20,23H,11-14,21-22,37H2. The summed E-state index contributed by atoms with van der Waals surface area (Å²) < 4.78 is 21.7. The number of nitrogen functional groups attached to an aromatic ring is 1. The molecule has 1 aliphatic heterocycles. The van der Waals surface area contributed by atoms with Gasteiger partial charge in [0.2, 0.25) is 0 Å². The number of ether oxygens (including phenoxy) is 1. The number of halogens is 1. The van der Waals surface area contributed by atoms with E-state index >= 15 is 0 Å². The van der Waals surface area contributed by atoms with Gasteiger partial charge in [-0.3, -0.25) is 4.79 Å². The number of hydrogen-bond donors (Lipinski definition) is 1. The van der Waals surface area contributed by atoms with Crippen molar-refractivity contribution in [3.05, 3.63) is 119 Å². The SMILES string of the molecule is N#Cc1cccc(-c2ccc(=O)n(Cc3cccc(-c4ncc(OCC5CCN(c6ccc(N)cc6F)CC5)cn4)c3)n2)c1. The van der Waals surface area contributed by atoms with Crippen LogP contribution in [0.2, 0.25) is 0 Å². The predicted molar refractivity (Wildman–Crippen MR) is 166 cm³/mol. The third-order valence-electron chi connectivity index (χ3n) is 7.71. The number of benzene rings is 3. The zero-order valence-corrected chi connectivity index (χ0v) is 23.9. The van der Waals surface area contributed by atoms with E-state index < -0.39 is 0 Å². The van der Waals surface area contributed by atoms with Gasteiger partial charge in [-0.2, -0.15) is 10.4 Å². The van der Waals surface area contributed by atoms with Gasteiger partial charge in [0.25, 0.3) is 5.56 Å². The second-order valence-corrected chi connectivity index (χ2v) is 10.8. The summed E-state index contributed by atoms with van der Waals surface area (Å²) in [6, 6.07) is 24.9. The fourth-order valence-electron chi connectivity index (χ4n) is 5.32. The first-order valence-corrected chi connectivity index (χ1v) is 14.4. The van der Waals surface area contributed by atoms with Crippen LogP contribution in [0.1, 0.15) is 24.0 Å². The lowest BCUT2D eigenvalue weighted by Gasteiger charge is -2.33. The summed E-state index contributed by atoms with van der Waals surface area (Å²) in [5.74, 6) is 1.19. The summed E-state index contributed by atoms with van der Waals surface area (Å²) in [7, 11) is 0. The molecule has 0 atom stereocenters. The summed E-state index contributed by atoms with van der Waals surface area (Å²) in [5, 5.41) is 13.8. The Balaban J connectivity index is 1.06. The molecule has 10 heteroatoms. The van der Waals surface area contributed by atoms with Crippen LogP contribution in [0.4, 0.5) is 15.8 Å². The third-order valence-corrected chi connectivity index (χ3v) is 7.71. The van der Waals surface area contributed by atoms with Gasteiger partial charge < -0.3 is 15.4 Å². The lowest BCUT2D eigenvalue weighted by Crippen LogP contribution is -2.36. The molecule has 1 aliphatic rings. The summed E-state index contributed by atoms with van der Waals surface area (Å²) in [6.07, 6.45) is 5.11. The Morgan fingerprint density at radius 3 is 2.50 bits per heavy atom. The highest BCUT2D eigenvalue weighted by molar-refractivity contribution is 5.61. The zero-order chi connectivity index (χ0) is 30.5. The summed E-state index contributed by atoms with van der Waals surface area (Å²) in [5.41, 5.74) is 10.0. The van der Waals surface area contributed by atoms with Crippen molar-refractivity contribution in [3.8, 4) is 34.5 Å². The quantitative estimate of drug-likeness (QED) is 0.243. The average molecular weight is 588 g/mol. The summed E-state index contributed by atoms with van der Waals surface area (Å²) >= 11 is 0. The number of nitrogens with zero attached hydrogens (tertiary/aromatic N) is 6. The van der Waals surface area contributed by atoms with Gasteiger partial charge in [0.15, 0.2) is 11.6 Å². The molecule has 9 nitrogen and oxygen atoms in total. The van der Waals surface area contributed by atoms with Crippen molar-refractivity contribution in [2.45, 2.75) is 19.4 Å². The topological polar surface area (TPSA) is 123 Å². The largest absolute Gasteiger partial charge is 0.490 e. The predicted octanol–water partition coefficient (Wildman–Crippen LogP) is 5.30. The molecule has 3 heterocycles. The second kappa shape index (κ2) is 12.8. The average Bonchev–Trinajstić information content (AvgIpc) is 3.05. The number of aromatic nitrogens is 4. The molecule has 0 amide bonds. The van der Waals surface area contributed by atoms with E-state index in [2.05, 4.69) is 26.0 Å². The molecule has 0 saturated carbocycles. The Bertz CT molecular complexity index is 1880. The van der Waals surface area contributed by atoms with Crippen molar-refractivity contribution in [1.82, 2.24) is 19.7 Å². The second-order valence-electron chi connectivity index (χ2n) is 10.8. The molecule has 6 rings (SSSR count). The maximum Gasteiger partial charge on any atom is 0.267 e. The number of piperidine rings is 1. The Hall–Kier alpha value is -5.56. The molecule has 44 heavy (non-hydrogen) atoms. The number of nitrogens with two attached hydrogens (primary N) is 1. The summed E-state index contributed by atoms with van der Waals surface area (Å²) in [6.45, 7) is 2.31. The molecule has 1 saturated heterocycles. The van der Waals surface area contributed by atoms with E-state index in [1.807, 2.05) is 30.3 Å². The molecule has 0 aliphatic carbocycles. The van der Waals surface area contributed by atoms with Crippen LogP contribution in [0.25, 0.3) is 22.6 Å². The van der Waals surface area contributed by atoms with E-state index in [1.165, 1.54) is 16.8 Å². The Labute approximate surface area is 254 Å². The number of anilines is 2. The molecule has 0 bridgehead atoms. The van der Waals surface area contributed by atoms with Crippen LogP contribution < -0.4 is 20.9 Å². The maximum absolute atomic E-state index is 14.3. The van der Waals surface area contributed by atoms with Crippen molar-refractivity contribution in [2.75, 3.05) is 30.3 Å². The van der Waals surface area contributed by atoms with Gasteiger partial charge in [-0.15, -0.1) is 0 Å². The molecular formula is C34H30FN7O2. The molecule has 0 unspecified atom stereocenters. The highest BCUT2D eigenvalue weighted by Gasteiger charge is 2.22. The van der Waals surface area contributed by atoms with Gasteiger partial charge in [-0.1, -0.05) is 30.3 Å². The van der Waals surface area contributed by atoms with Crippen LogP contribution in [0.15, 0.2) is 96.1 Å². The van der Waals surface area contributed by atoms with Crippen molar-refractivity contribution in [1.29, 1.82) is 5.26 Å². The van der Waals surface area contributed by atoms with Crippen LogP contribution in [-0.4, -0.2) is 39.4 Å². The van der Waals surface area contributed by atoms with Crippen LogP contribution >= 0.6 is 0 Å². The fraction of sp³-hybridized carbons (Fsp3) is 0.206. The molecule has 0 spiro atoms. The van der Waals surface area contributed by atoms with Crippen molar-refractivity contribution in [2.24, 2.45) is 5.92 Å². The van der Waals surface area contributed by atoms with Gasteiger partial charge in [0.1, 0.15) is 5.82 Å². The van der Waals surface area contributed by atoms with Gasteiger partial charge in [-0.05, 0) is 66.8 Å². The van der Waals surface area contributed by atoms with E-state index in [4.69, 9.17) is 10.5 Å². The van der Waals surface area contributed by atoms with E-state index in [0.29, 0.717) is 46.7 Å². The van der Waals surface area contributed by atoms with E-state index in [1.54, 1.807) is 48.8 Å². The molecule has 220 valence electrons. The molecule has 1 fully saturated rings. The highest BCUT2D eigenvalue weighted by atomic mass is 19.1. The van der Waals surface area contributed by atoms with Crippen LogP contribution in [-0.2, 0) is 6.54 Å². The van der Waals surface area contributed by atoms with Gasteiger partial charge in [-0.25, -0.2) is 19.0 Å². The minimum atomic E-state index is -0.291. The molecule has 2 aromatic heterocycles. The monoisotopic (exact) mass is 587 g/mol. The van der Waals surface area contributed by atoms with Gasteiger partial charge >= 0.3 is 0 Å². The van der Waals surface area contributed by atoms with Crippen molar-refractivity contribution >= 4 is 11.4 Å².